The van der Waals surface area contributed by atoms with Gasteiger partial charge in [0.05, 0.1) is 5.69 Å². The van der Waals surface area contributed by atoms with Crippen molar-refractivity contribution in [2.75, 3.05) is 0 Å². The quantitative estimate of drug-likeness (QED) is 0.943. The highest BCUT2D eigenvalue weighted by atomic mass is 16.6. The summed E-state index contributed by atoms with van der Waals surface area (Å²) in [5.74, 6) is 0. The highest BCUT2D eigenvalue weighted by molar-refractivity contribution is 5.67. The van der Waals surface area contributed by atoms with Crippen molar-refractivity contribution in [3.63, 3.8) is 0 Å². The summed E-state index contributed by atoms with van der Waals surface area (Å²) in [5, 5.41) is 7.09. The number of alkyl carbamates (subject to hydrolysis) is 1. The minimum Gasteiger partial charge on any atom is -0.444 e. The zero-order valence-corrected chi connectivity index (χ0v) is 12.9. The Morgan fingerprint density at radius 1 is 1.24 bits per heavy atom. The van der Waals surface area contributed by atoms with Gasteiger partial charge in [0.2, 0.25) is 0 Å². The molecule has 0 saturated carbocycles. The lowest BCUT2D eigenvalue weighted by Gasteiger charge is -2.19. The van der Waals surface area contributed by atoms with E-state index in [1.807, 2.05) is 64.3 Å². The molecule has 1 aromatic heterocycles. The van der Waals surface area contributed by atoms with Crippen molar-refractivity contribution < 1.29 is 9.53 Å². The van der Waals surface area contributed by atoms with Crippen LogP contribution in [0.15, 0.2) is 36.5 Å². The normalized spacial score (nSPS) is 11.2. The van der Waals surface area contributed by atoms with E-state index >= 15 is 0 Å². The molecule has 0 unspecified atom stereocenters. The second-order valence-electron chi connectivity index (χ2n) is 5.93. The van der Waals surface area contributed by atoms with Crippen LogP contribution in [0.1, 0.15) is 26.3 Å². The summed E-state index contributed by atoms with van der Waals surface area (Å²) in [6, 6.07) is 9.90. The molecule has 0 bridgehead atoms. The molecule has 0 aliphatic carbocycles. The van der Waals surface area contributed by atoms with Gasteiger partial charge in [-0.15, -0.1) is 0 Å². The van der Waals surface area contributed by atoms with Crippen molar-refractivity contribution in [2.45, 2.75) is 32.9 Å². The molecule has 21 heavy (non-hydrogen) atoms. The molecule has 5 heteroatoms. The third-order valence-electron chi connectivity index (χ3n) is 2.80. The molecule has 112 valence electrons. The van der Waals surface area contributed by atoms with Crippen molar-refractivity contribution >= 4 is 6.09 Å². The molecule has 2 rings (SSSR count). The van der Waals surface area contributed by atoms with Crippen LogP contribution >= 0.6 is 0 Å². The fraction of sp³-hybridized carbons (Fsp3) is 0.375. The molecular formula is C16H21N3O2. The van der Waals surface area contributed by atoms with E-state index in [1.54, 1.807) is 4.68 Å². The Bertz CT molecular complexity index is 609. The summed E-state index contributed by atoms with van der Waals surface area (Å²) in [5.41, 5.74) is 2.52. The molecule has 0 aliphatic heterocycles. The van der Waals surface area contributed by atoms with E-state index in [2.05, 4.69) is 10.4 Å². The number of aromatic nitrogens is 2. The number of benzene rings is 1. The third-order valence-corrected chi connectivity index (χ3v) is 2.80. The first-order valence-electron chi connectivity index (χ1n) is 6.89. The number of carbonyl (C=O) groups excluding carboxylic acids is 1. The van der Waals surface area contributed by atoms with Crippen LogP contribution in [-0.4, -0.2) is 21.5 Å². The SMILES string of the molecule is Cn1ccc(-c2ccc(CNC(=O)OC(C)(C)C)cc2)n1. The van der Waals surface area contributed by atoms with E-state index in [1.165, 1.54) is 0 Å². The van der Waals surface area contributed by atoms with Crippen molar-refractivity contribution in [3.8, 4) is 11.3 Å². The molecule has 0 saturated heterocycles. The number of nitrogens with zero attached hydrogens (tertiary/aromatic N) is 2. The van der Waals surface area contributed by atoms with Gasteiger partial charge in [-0.1, -0.05) is 24.3 Å². The van der Waals surface area contributed by atoms with Crippen molar-refractivity contribution in [1.82, 2.24) is 15.1 Å². The van der Waals surface area contributed by atoms with Crippen LogP contribution in [0.25, 0.3) is 11.3 Å². The number of carbonyl (C=O) groups is 1. The van der Waals surface area contributed by atoms with E-state index < -0.39 is 11.7 Å². The molecule has 0 fully saturated rings. The maximum absolute atomic E-state index is 11.6. The van der Waals surface area contributed by atoms with Crippen LogP contribution in [0.4, 0.5) is 4.79 Å². The van der Waals surface area contributed by atoms with Crippen LogP contribution in [0, 0.1) is 0 Å². The minimum atomic E-state index is -0.479. The van der Waals surface area contributed by atoms with E-state index in [-0.39, 0.29) is 0 Å². The van der Waals surface area contributed by atoms with Gasteiger partial charge in [-0.05, 0) is 32.4 Å². The number of aryl methyl sites for hydroxylation is 1. The first-order valence-corrected chi connectivity index (χ1v) is 6.89. The second kappa shape index (κ2) is 5.99. The number of hydrogen-bond acceptors (Lipinski definition) is 3. The fourth-order valence-corrected chi connectivity index (χ4v) is 1.85. The summed E-state index contributed by atoms with van der Waals surface area (Å²) in [6.45, 7) is 5.97. The van der Waals surface area contributed by atoms with Crippen LogP contribution in [0.5, 0.6) is 0 Å². The van der Waals surface area contributed by atoms with Crippen LogP contribution in [-0.2, 0) is 18.3 Å². The summed E-state index contributed by atoms with van der Waals surface area (Å²) < 4.78 is 6.96. The van der Waals surface area contributed by atoms with Crippen molar-refractivity contribution in [2.24, 2.45) is 7.05 Å². The Kier molecular flexibility index (Phi) is 4.31. The zero-order chi connectivity index (χ0) is 15.5. The van der Waals surface area contributed by atoms with Gasteiger partial charge < -0.3 is 10.1 Å². The Morgan fingerprint density at radius 2 is 1.90 bits per heavy atom. The first-order chi connectivity index (χ1) is 9.83. The van der Waals surface area contributed by atoms with Gasteiger partial charge in [0.15, 0.2) is 0 Å². The predicted molar refractivity (Wildman–Crippen MR) is 81.7 cm³/mol. The highest BCUT2D eigenvalue weighted by Gasteiger charge is 2.15. The molecule has 0 atom stereocenters. The van der Waals surface area contributed by atoms with E-state index in [4.69, 9.17) is 4.74 Å². The molecule has 5 nitrogen and oxygen atoms in total. The molecular weight excluding hydrogens is 266 g/mol. The maximum Gasteiger partial charge on any atom is 0.407 e. The summed E-state index contributed by atoms with van der Waals surface area (Å²) in [7, 11) is 1.89. The number of ether oxygens (including phenoxy) is 1. The van der Waals surface area contributed by atoms with E-state index in [0.29, 0.717) is 6.54 Å². The number of rotatable bonds is 3. The lowest BCUT2D eigenvalue weighted by molar-refractivity contribution is 0.0523. The summed E-state index contributed by atoms with van der Waals surface area (Å²) >= 11 is 0. The molecule has 1 heterocycles. The largest absolute Gasteiger partial charge is 0.444 e. The van der Waals surface area contributed by atoms with Crippen LogP contribution in [0.2, 0.25) is 0 Å². The van der Waals surface area contributed by atoms with Gasteiger partial charge in [0, 0.05) is 25.4 Å². The fourth-order valence-electron chi connectivity index (χ4n) is 1.85. The third kappa shape index (κ3) is 4.63. The molecule has 0 radical (unpaired) electrons. The van der Waals surface area contributed by atoms with E-state index in [0.717, 1.165) is 16.8 Å². The van der Waals surface area contributed by atoms with Crippen molar-refractivity contribution in [3.05, 3.63) is 42.1 Å². The molecule has 0 spiro atoms. The maximum atomic E-state index is 11.6. The standard InChI is InChI=1S/C16H21N3O2/c1-16(2,3)21-15(20)17-11-12-5-7-13(8-6-12)14-9-10-19(4)18-14/h5-10H,11H2,1-4H3,(H,17,20). The number of hydrogen-bond donors (Lipinski definition) is 1. The average molecular weight is 287 g/mol. The molecule has 1 amide bonds. The zero-order valence-electron chi connectivity index (χ0n) is 12.9. The topological polar surface area (TPSA) is 56.2 Å². The van der Waals surface area contributed by atoms with Crippen LogP contribution in [0.3, 0.4) is 0 Å². The lowest BCUT2D eigenvalue weighted by Crippen LogP contribution is -2.32. The minimum absolute atomic E-state index is 0.406. The van der Waals surface area contributed by atoms with Crippen molar-refractivity contribution in [1.29, 1.82) is 0 Å². The van der Waals surface area contributed by atoms with Gasteiger partial charge in [-0.25, -0.2) is 4.79 Å². The number of nitrogens with one attached hydrogen (secondary N) is 1. The number of amides is 1. The van der Waals surface area contributed by atoms with E-state index in [9.17, 15) is 4.79 Å². The molecule has 1 N–H and O–H groups in total. The van der Waals surface area contributed by atoms with Crippen LogP contribution < -0.4 is 5.32 Å². The summed E-state index contributed by atoms with van der Waals surface area (Å²) in [6.07, 6.45) is 1.50. The molecule has 0 aliphatic rings. The second-order valence-corrected chi connectivity index (χ2v) is 5.93. The average Bonchev–Trinajstić information content (AvgIpc) is 2.82. The van der Waals surface area contributed by atoms with Gasteiger partial charge in [-0.2, -0.15) is 5.10 Å². The Labute approximate surface area is 124 Å². The summed E-state index contributed by atoms with van der Waals surface area (Å²) in [4.78, 5) is 11.6. The lowest BCUT2D eigenvalue weighted by atomic mass is 10.1. The Hall–Kier alpha value is -2.30. The van der Waals surface area contributed by atoms with Gasteiger partial charge in [0.25, 0.3) is 0 Å². The van der Waals surface area contributed by atoms with Gasteiger partial charge >= 0.3 is 6.09 Å². The first kappa shape index (κ1) is 15.1. The van der Waals surface area contributed by atoms with Gasteiger partial charge in [0.1, 0.15) is 5.60 Å². The molecule has 1 aromatic carbocycles. The van der Waals surface area contributed by atoms with Gasteiger partial charge in [-0.3, -0.25) is 4.68 Å². The molecule has 2 aromatic rings. The highest BCUT2D eigenvalue weighted by Crippen LogP contribution is 2.17. The smallest absolute Gasteiger partial charge is 0.407 e. The predicted octanol–water partition coefficient (Wildman–Crippen LogP) is 3.11. The Balaban J connectivity index is 1.92. The monoisotopic (exact) mass is 287 g/mol. The Morgan fingerprint density at radius 3 is 2.43 bits per heavy atom.